The fourth-order valence-corrected chi connectivity index (χ4v) is 7.24. The fourth-order valence-electron chi connectivity index (χ4n) is 4.23. The normalized spacial score (nSPS) is 20.1. The summed E-state index contributed by atoms with van der Waals surface area (Å²) in [5, 5.41) is 0. The molecule has 0 radical (unpaired) electrons. The summed E-state index contributed by atoms with van der Waals surface area (Å²) in [6.07, 6.45) is 5.20. The molecule has 2 aromatic rings. The Morgan fingerprint density at radius 2 is 1.89 bits per heavy atom. The lowest BCUT2D eigenvalue weighted by Gasteiger charge is -2.33. The number of amides is 1. The molecule has 150 valence electrons. The fraction of sp³-hybridized carbons (Fsp3) is 0.476. The van der Waals surface area contributed by atoms with E-state index < -0.39 is 10.0 Å². The number of aryl methyl sites for hydroxylation is 1. The molecule has 1 aromatic carbocycles. The average molecular weight is 419 g/mol. The summed E-state index contributed by atoms with van der Waals surface area (Å²) in [7, 11) is -1.54. The van der Waals surface area contributed by atoms with E-state index in [0.717, 1.165) is 37.0 Å². The molecule has 1 fully saturated rings. The van der Waals surface area contributed by atoms with Crippen LogP contribution in [0.3, 0.4) is 0 Å². The Bertz CT molecular complexity index is 962. The molecular formula is C21H26N2O3S2. The van der Waals surface area contributed by atoms with Crippen molar-refractivity contribution in [3.05, 3.63) is 52.4 Å². The topological polar surface area (TPSA) is 57.7 Å². The third-order valence-electron chi connectivity index (χ3n) is 5.82. The van der Waals surface area contributed by atoms with E-state index in [9.17, 15) is 13.2 Å². The molecule has 2 heterocycles. The van der Waals surface area contributed by atoms with Crippen LogP contribution in [0.25, 0.3) is 0 Å². The Labute approximate surface area is 171 Å². The first kappa shape index (κ1) is 19.6. The molecule has 1 aromatic heterocycles. The standard InChI is InChI=1S/C21H26N2O3S2/c1-22(19-10-6-8-16-7-2-3-9-18(16)19)20(24)15-17-11-12-21(27-17)28(25,26)23-13-4-5-14-23/h2-3,7,9,11-12,19H,4-6,8,10,13-15H2,1H3. The first-order valence-electron chi connectivity index (χ1n) is 9.89. The minimum absolute atomic E-state index is 0.0358. The second-order valence-electron chi connectivity index (χ2n) is 7.62. The van der Waals surface area contributed by atoms with Crippen molar-refractivity contribution in [2.45, 2.75) is 48.8 Å². The van der Waals surface area contributed by atoms with Gasteiger partial charge in [0.05, 0.1) is 12.5 Å². The van der Waals surface area contributed by atoms with Gasteiger partial charge in [0, 0.05) is 25.0 Å². The summed E-state index contributed by atoms with van der Waals surface area (Å²) in [5.41, 5.74) is 2.57. The van der Waals surface area contributed by atoms with E-state index in [1.165, 1.54) is 22.5 Å². The molecule has 1 aliphatic heterocycles. The van der Waals surface area contributed by atoms with Crippen molar-refractivity contribution in [2.24, 2.45) is 0 Å². The van der Waals surface area contributed by atoms with Gasteiger partial charge in [0.1, 0.15) is 4.21 Å². The van der Waals surface area contributed by atoms with E-state index in [2.05, 4.69) is 18.2 Å². The zero-order valence-electron chi connectivity index (χ0n) is 16.1. The van der Waals surface area contributed by atoms with E-state index in [1.807, 2.05) is 18.0 Å². The molecular weight excluding hydrogens is 392 g/mol. The number of nitrogens with zero attached hydrogens (tertiary/aromatic N) is 2. The quantitative estimate of drug-likeness (QED) is 0.745. The maximum absolute atomic E-state index is 12.9. The number of carbonyl (C=O) groups is 1. The molecule has 0 N–H and O–H groups in total. The van der Waals surface area contributed by atoms with Crippen LogP contribution in [0.5, 0.6) is 0 Å². The summed E-state index contributed by atoms with van der Waals surface area (Å²) >= 11 is 1.23. The summed E-state index contributed by atoms with van der Waals surface area (Å²) in [6.45, 7) is 1.19. The number of benzene rings is 1. The van der Waals surface area contributed by atoms with Crippen LogP contribution in [0.2, 0.25) is 0 Å². The lowest BCUT2D eigenvalue weighted by Crippen LogP contribution is -2.34. The van der Waals surface area contributed by atoms with Crippen molar-refractivity contribution >= 4 is 27.3 Å². The molecule has 1 atom stereocenters. The van der Waals surface area contributed by atoms with Gasteiger partial charge in [-0.05, 0) is 55.4 Å². The van der Waals surface area contributed by atoms with Gasteiger partial charge in [-0.2, -0.15) is 4.31 Å². The monoisotopic (exact) mass is 418 g/mol. The highest BCUT2D eigenvalue weighted by Gasteiger charge is 2.30. The Kier molecular flexibility index (Phi) is 5.58. The number of hydrogen-bond donors (Lipinski definition) is 0. The molecule has 0 bridgehead atoms. The van der Waals surface area contributed by atoms with Crippen molar-refractivity contribution in [3.63, 3.8) is 0 Å². The van der Waals surface area contributed by atoms with Crippen molar-refractivity contribution in [2.75, 3.05) is 20.1 Å². The molecule has 5 nitrogen and oxygen atoms in total. The SMILES string of the molecule is CN(C(=O)Cc1ccc(S(=O)(=O)N2CCCC2)s1)C1CCCc2ccccc21. The van der Waals surface area contributed by atoms with Crippen molar-refractivity contribution in [3.8, 4) is 0 Å². The summed E-state index contributed by atoms with van der Waals surface area (Å²) < 4.78 is 27.3. The van der Waals surface area contributed by atoms with Crippen LogP contribution in [0, 0.1) is 0 Å². The van der Waals surface area contributed by atoms with Crippen LogP contribution in [0.4, 0.5) is 0 Å². The first-order chi connectivity index (χ1) is 13.5. The molecule has 7 heteroatoms. The van der Waals surface area contributed by atoms with Gasteiger partial charge in [-0.15, -0.1) is 11.3 Å². The Morgan fingerprint density at radius 1 is 1.14 bits per heavy atom. The van der Waals surface area contributed by atoms with Crippen molar-refractivity contribution < 1.29 is 13.2 Å². The molecule has 0 spiro atoms. The smallest absolute Gasteiger partial charge is 0.252 e. The molecule has 1 amide bonds. The lowest BCUT2D eigenvalue weighted by molar-refractivity contribution is -0.131. The highest BCUT2D eigenvalue weighted by molar-refractivity contribution is 7.91. The van der Waals surface area contributed by atoms with Crippen LogP contribution in [0.1, 0.15) is 47.7 Å². The van der Waals surface area contributed by atoms with Gasteiger partial charge in [-0.1, -0.05) is 24.3 Å². The van der Waals surface area contributed by atoms with Gasteiger partial charge in [0.25, 0.3) is 10.0 Å². The Balaban J connectivity index is 1.47. The van der Waals surface area contributed by atoms with E-state index in [4.69, 9.17) is 0 Å². The average Bonchev–Trinajstić information content (AvgIpc) is 3.39. The zero-order chi connectivity index (χ0) is 19.7. The molecule has 1 saturated heterocycles. The number of hydrogen-bond acceptors (Lipinski definition) is 4. The lowest BCUT2D eigenvalue weighted by atomic mass is 9.87. The maximum atomic E-state index is 12.9. The number of carbonyl (C=O) groups excluding carboxylic acids is 1. The second kappa shape index (κ2) is 7.97. The highest BCUT2D eigenvalue weighted by Crippen LogP contribution is 2.34. The number of thiophene rings is 1. The number of fused-ring (bicyclic) bond motifs is 1. The largest absolute Gasteiger partial charge is 0.338 e. The van der Waals surface area contributed by atoms with Gasteiger partial charge < -0.3 is 4.90 Å². The Hall–Kier alpha value is -1.70. The number of likely N-dealkylation sites (N-methyl/N-ethyl adjacent to an activating group) is 1. The minimum Gasteiger partial charge on any atom is -0.338 e. The van der Waals surface area contributed by atoms with E-state index in [-0.39, 0.29) is 18.4 Å². The van der Waals surface area contributed by atoms with Crippen LogP contribution in [-0.4, -0.2) is 43.7 Å². The van der Waals surface area contributed by atoms with Gasteiger partial charge in [0.2, 0.25) is 5.91 Å². The Morgan fingerprint density at radius 3 is 2.68 bits per heavy atom. The third kappa shape index (κ3) is 3.75. The third-order valence-corrected chi connectivity index (χ3v) is 9.27. The van der Waals surface area contributed by atoms with Crippen molar-refractivity contribution in [1.82, 2.24) is 9.21 Å². The highest BCUT2D eigenvalue weighted by atomic mass is 32.2. The van der Waals surface area contributed by atoms with Crippen LogP contribution >= 0.6 is 11.3 Å². The number of rotatable bonds is 5. The predicted molar refractivity (Wildman–Crippen MR) is 111 cm³/mol. The molecule has 2 aliphatic rings. The molecule has 0 saturated carbocycles. The maximum Gasteiger partial charge on any atom is 0.252 e. The van der Waals surface area contributed by atoms with Crippen LogP contribution < -0.4 is 0 Å². The molecule has 1 unspecified atom stereocenters. The summed E-state index contributed by atoms with van der Waals surface area (Å²) in [6, 6.07) is 11.9. The molecule has 1 aliphatic carbocycles. The van der Waals surface area contributed by atoms with Crippen molar-refractivity contribution in [1.29, 1.82) is 0 Å². The molecule has 4 rings (SSSR count). The molecule has 28 heavy (non-hydrogen) atoms. The summed E-state index contributed by atoms with van der Waals surface area (Å²) in [4.78, 5) is 15.6. The zero-order valence-corrected chi connectivity index (χ0v) is 17.8. The second-order valence-corrected chi connectivity index (χ2v) is 11.0. The predicted octanol–water partition coefficient (Wildman–Crippen LogP) is 3.61. The minimum atomic E-state index is -3.41. The van der Waals surface area contributed by atoms with Gasteiger partial charge in [-0.3, -0.25) is 4.79 Å². The van der Waals surface area contributed by atoms with E-state index >= 15 is 0 Å². The number of sulfonamides is 1. The van der Waals surface area contributed by atoms with Crippen LogP contribution in [0.15, 0.2) is 40.6 Å². The summed E-state index contributed by atoms with van der Waals surface area (Å²) in [5.74, 6) is 0.0358. The van der Waals surface area contributed by atoms with Crippen LogP contribution in [-0.2, 0) is 27.7 Å². The van der Waals surface area contributed by atoms with Gasteiger partial charge >= 0.3 is 0 Å². The van der Waals surface area contributed by atoms with E-state index in [1.54, 1.807) is 16.4 Å². The van der Waals surface area contributed by atoms with E-state index in [0.29, 0.717) is 17.3 Å². The van der Waals surface area contributed by atoms with Gasteiger partial charge in [0.15, 0.2) is 0 Å². The first-order valence-corrected chi connectivity index (χ1v) is 12.1. The van der Waals surface area contributed by atoms with Gasteiger partial charge in [-0.25, -0.2) is 8.42 Å².